The number of aromatic nitrogens is 3. The highest BCUT2D eigenvalue weighted by Crippen LogP contribution is 2.26. The molecule has 1 aliphatic rings. The normalized spacial score (nSPS) is 15.3. The minimum atomic E-state index is -3.51. The van der Waals surface area contributed by atoms with Gasteiger partial charge in [0.15, 0.2) is 5.82 Å². The summed E-state index contributed by atoms with van der Waals surface area (Å²) in [4.78, 5) is 21.7. The van der Waals surface area contributed by atoms with Crippen molar-refractivity contribution in [2.24, 2.45) is 4.99 Å². The van der Waals surface area contributed by atoms with Gasteiger partial charge >= 0.3 is 0 Å². The first kappa shape index (κ1) is 23.6. The van der Waals surface area contributed by atoms with Crippen LogP contribution in [0.15, 0.2) is 58.4 Å². The number of aromatic amines is 1. The largest absolute Gasteiger partial charge is 0.325 e. The summed E-state index contributed by atoms with van der Waals surface area (Å²) in [7, 11) is -3.51. The number of amidine groups is 1. The highest BCUT2D eigenvalue weighted by Gasteiger charge is 2.29. The summed E-state index contributed by atoms with van der Waals surface area (Å²) in [5.41, 5.74) is 2.06. The van der Waals surface area contributed by atoms with Gasteiger partial charge in [-0.05, 0) is 37.1 Å². The fourth-order valence-electron chi connectivity index (χ4n) is 3.67. The number of hydrogen-bond donors (Lipinski definition) is 3. The van der Waals surface area contributed by atoms with Gasteiger partial charge in [-0.2, -0.15) is 5.10 Å². The van der Waals surface area contributed by atoms with Crippen molar-refractivity contribution >= 4 is 27.5 Å². The molecular weight excluding hydrogens is 452 g/mol. The minimum absolute atomic E-state index is 0.0733. The first-order valence-electron chi connectivity index (χ1n) is 11.3. The van der Waals surface area contributed by atoms with E-state index in [-0.39, 0.29) is 16.7 Å². The van der Waals surface area contributed by atoms with Crippen molar-refractivity contribution in [3.05, 3.63) is 59.9 Å². The molecular formula is C24H28N6O3S. The van der Waals surface area contributed by atoms with Gasteiger partial charge in [0, 0.05) is 30.0 Å². The Bertz CT molecular complexity index is 1310. The number of carbonyl (C=O) groups is 1. The zero-order chi connectivity index (χ0) is 24.1. The number of hydrogen-bond acceptors (Lipinski definition) is 6. The van der Waals surface area contributed by atoms with Crippen LogP contribution in [0.25, 0.3) is 11.4 Å². The molecule has 1 aliphatic heterocycles. The van der Waals surface area contributed by atoms with Crippen LogP contribution in [0.5, 0.6) is 0 Å². The van der Waals surface area contributed by atoms with E-state index in [1.165, 1.54) is 0 Å². The van der Waals surface area contributed by atoms with Crippen LogP contribution >= 0.6 is 0 Å². The highest BCUT2D eigenvalue weighted by molar-refractivity contribution is 7.90. The molecule has 3 aromatic rings. The van der Waals surface area contributed by atoms with Gasteiger partial charge in [0.25, 0.3) is 10.0 Å². The number of amides is 1. The molecule has 1 aromatic heterocycles. The molecule has 2 heterocycles. The number of rotatable bonds is 9. The smallest absolute Gasteiger partial charge is 0.263 e. The van der Waals surface area contributed by atoms with Gasteiger partial charge in [0.05, 0.1) is 10.6 Å². The van der Waals surface area contributed by atoms with E-state index in [1.807, 2.05) is 38.1 Å². The van der Waals surface area contributed by atoms with Crippen molar-refractivity contribution in [3.8, 4) is 11.4 Å². The van der Waals surface area contributed by atoms with E-state index in [0.717, 1.165) is 24.2 Å². The molecule has 1 amide bonds. The highest BCUT2D eigenvalue weighted by atomic mass is 32.2. The molecule has 34 heavy (non-hydrogen) atoms. The topological polar surface area (TPSA) is 129 Å². The van der Waals surface area contributed by atoms with Gasteiger partial charge in [0.2, 0.25) is 5.91 Å². The Labute approximate surface area is 199 Å². The predicted molar refractivity (Wildman–Crippen MR) is 131 cm³/mol. The molecule has 0 fully saturated rings. The van der Waals surface area contributed by atoms with E-state index in [2.05, 4.69) is 30.2 Å². The molecule has 0 radical (unpaired) electrons. The molecule has 0 aliphatic carbocycles. The predicted octanol–water partition coefficient (Wildman–Crippen LogP) is 3.83. The molecule has 0 saturated carbocycles. The van der Waals surface area contributed by atoms with E-state index in [1.54, 1.807) is 24.3 Å². The maximum atomic E-state index is 12.5. The first-order valence-corrected chi connectivity index (χ1v) is 12.8. The molecule has 0 saturated heterocycles. The van der Waals surface area contributed by atoms with Crippen molar-refractivity contribution in [1.82, 2.24) is 19.9 Å². The minimum Gasteiger partial charge on any atom is -0.325 e. The maximum Gasteiger partial charge on any atom is 0.263 e. The van der Waals surface area contributed by atoms with Gasteiger partial charge in [-0.15, -0.1) is 0 Å². The summed E-state index contributed by atoms with van der Waals surface area (Å²) in [5, 5.41) is 10.2. The summed E-state index contributed by atoms with van der Waals surface area (Å²) in [6.45, 7) is 4.56. The van der Waals surface area contributed by atoms with E-state index in [4.69, 9.17) is 0 Å². The van der Waals surface area contributed by atoms with Crippen molar-refractivity contribution in [2.75, 3.05) is 11.9 Å². The third kappa shape index (κ3) is 5.33. The molecule has 4 rings (SSSR count). The van der Waals surface area contributed by atoms with E-state index >= 15 is 0 Å². The Morgan fingerprint density at radius 3 is 2.53 bits per heavy atom. The number of nitrogens with zero attached hydrogens (tertiary/aromatic N) is 3. The molecule has 0 atom stereocenters. The average Bonchev–Trinajstić information content (AvgIpc) is 3.40. The fraction of sp³-hybridized carbons (Fsp3) is 0.333. The number of unbranched alkanes of at least 4 members (excludes halogenated alkanes) is 2. The Hall–Kier alpha value is -3.53. The molecule has 10 heteroatoms. The zero-order valence-corrected chi connectivity index (χ0v) is 20.0. The summed E-state index contributed by atoms with van der Waals surface area (Å²) in [5.74, 6) is 1.90. The SMILES string of the molecule is CC(C)c1nc(-c2ccccc2NC(=O)CCCCCN=C2NS(=O)(=O)c3ccccc32)n[nH]1. The number of aliphatic imine (C=N–C) groups is 1. The number of sulfonamides is 1. The number of H-pyrrole nitrogens is 1. The van der Waals surface area contributed by atoms with Crippen molar-refractivity contribution < 1.29 is 13.2 Å². The second-order valence-corrected chi connectivity index (χ2v) is 10.1. The average molecular weight is 481 g/mol. The number of para-hydroxylation sites is 1. The third-order valence-corrected chi connectivity index (χ3v) is 6.88. The van der Waals surface area contributed by atoms with Gasteiger partial charge in [-0.1, -0.05) is 44.5 Å². The van der Waals surface area contributed by atoms with Crippen LogP contribution in [-0.4, -0.2) is 41.9 Å². The van der Waals surface area contributed by atoms with Crippen LogP contribution in [0.3, 0.4) is 0 Å². The summed E-state index contributed by atoms with van der Waals surface area (Å²) in [6, 6.07) is 14.3. The van der Waals surface area contributed by atoms with Gasteiger partial charge in [-0.3, -0.25) is 19.6 Å². The number of nitrogens with one attached hydrogen (secondary N) is 3. The lowest BCUT2D eigenvalue weighted by Gasteiger charge is -2.09. The number of benzene rings is 2. The van der Waals surface area contributed by atoms with E-state index < -0.39 is 10.0 Å². The molecule has 0 unspecified atom stereocenters. The standard InChI is InChI=1S/C24H28N6O3S/c1-16(2)22-27-24(29-28-22)17-10-5-7-12-19(17)26-21(31)14-4-3-9-15-25-23-18-11-6-8-13-20(18)34(32,33)30-23/h5-8,10-13,16H,3-4,9,14-15H2,1-2H3,(H,25,30)(H,26,31)(H,27,28,29). The van der Waals surface area contributed by atoms with Crippen LogP contribution in [0.4, 0.5) is 5.69 Å². The van der Waals surface area contributed by atoms with Gasteiger partial charge in [0.1, 0.15) is 11.7 Å². The maximum absolute atomic E-state index is 12.5. The Morgan fingerprint density at radius 2 is 1.76 bits per heavy atom. The lowest BCUT2D eigenvalue weighted by atomic mass is 10.1. The second kappa shape index (κ2) is 10.2. The summed E-state index contributed by atoms with van der Waals surface area (Å²) in [6.07, 6.45) is 2.65. The van der Waals surface area contributed by atoms with E-state index in [9.17, 15) is 13.2 Å². The molecule has 0 bridgehead atoms. The molecule has 178 valence electrons. The number of carbonyl (C=O) groups excluding carboxylic acids is 1. The third-order valence-electron chi connectivity index (χ3n) is 5.49. The van der Waals surface area contributed by atoms with Crippen molar-refractivity contribution in [3.63, 3.8) is 0 Å². The first-order chi connectivity index (χ1) is 16.3. The van der Waals surface area contributed by atoms with Crippen molar-refractivity contribution in [2.45, 2.75) is 50.3 Å². The quantitative estimate of drug-likeness (QED) is 0.401. The number of fused-ring (bicyclic) bond motifs is 1. The molecule has 9 nitrogen and oxygen atoms in total. The Kier molecular flexibility index (Phi) is 7.06. The lowest BCUT2D eigenvalue weighted by molar-refractivity contribution is -0.116. The van der Waals surface area contributed by atoms with Gasteiger partial charge < -0.3 is 5.32 Å². The lowest BCUT2D eigenvalue weighted by Crippen LogP contribution is -2.22. The number of anilines is 1. The van der Waals surface area contributed by atoms with Crippen LogP contribution in [0, 0.1) is 0 Å². The van der Waals surface area contributed by atoms with Gasteiger partial charge in [-0.25, -0.2) is 13.4 Å². The monoisotopic (exact) mass is 480 g/mol. The fourth-order valence-corrected chi connectivity index (χ4v) is 4.92. The van der Waals surface area contributed by atoms with Crippen LogP contribution in [0.2, 0.25) is 0 Å². The molecule has 0 spiro atoms. The Balaban J connectivity index is 1.26. The second-order valence-electron chi connectivity index (χ2n) is 8.44. The Morgan fingerprint density at radius 1 is 1.03 bits per heavy atom. The molecule has 3 N–H and O–H groups in total. The molecule has 2 aromatic carbocycles. The van der Waals surface area contributed by atoms with E-state index in [0.29, 0.717) is 42.3 Å². The zero-order valence-electron chi connectivity index (χ0n) is 19.2. The summed E-state index contributed by atoms with van der Waals surface area (Å²) >= 11 is 0. The summed E-state index contributed by atoms with van der Waals surface area (Å²) < 4.78 is 26.8. The van der Waals surface area contributed by atoms with Crippen molar-refractivity contribution in [1.29, 1.82) is 0 Å². The van der Waals surface area contributed by atoms with Crippen LogP contribution < -0.4 is 10.0 Å². The van der Waals surface area contributed by atoms with Crippen LogP contribution in [0.1, 0.15) is 56.8 Å². The van der Waals surface area contributed by atoms with Crippen LogP contribution in [-0.2, 0) is 14.8 Å².